The van der Waals surface area contributed by atoms with Gasteiger partial charge in [0, 0.05) is 20.0 Å². The molecule has 0 aliphatic heterocycles. The quantitative estimate of drug-likeness (QED) is 0.427. The van der Waals surface area contributed by atoms with Crippen LogP contribution in [0.4, 0.5) is 0 Å². The second-order valence-corrected chi connectivity index (χ2v) is 6.71. The van der Waals surface area contributed by atoms with E-state index in [9.17, 15) is 9.59 Å². The van der Waals surface area contributed by atoms with E-state index < -0.39 is 5.97 Å². The minimum absolute atomic E-state index is 0.200. The third kappa shape index (κ3) is 7.86. The standard InChI is InChI=1S/C23H29NO5/c1-4-18-7-9-19(10-8-18)16-24(2)22(25)17-29-23(26)6-5-15-28-21-13-11-20(27-3)12-14-21/h7-14H,4-6,15-17H2,1-3H3. The molecular weight excluding hydrogens is 370 g/mol. The SMILES string of the molecule is CCc1ccc(CN(C)C(=O)COC(=O)CCCOc2ccc(OC)cc2)cc1. The summed E-state index contributed by atoms with van der Waals surface area (Å²) in [6.45, 7) is 2.73. The van der Waals surface area contributed by atoms with Gasteiger partial charge in [0.15, 0.2) is 6.61 Å². The smallest absolute Gasteiger partial charge is 0.306 e. The van der Waals surface area contributed by atoms with Crippen molar-refractivity contribution in [2.75, 3.05) is 27.4 Å². The van der Waals surface area contributed by atoms with Crippen molar-refractivity contribution in [1.82, 2.24) is 4.90 Å². The van der Waals surface area contributed by atoms with Crippen LogP contribution < -0.4 is 9.47 Å². The summed E-state index contributed by atoms with van der Waals surface area (Å²) in [7, 11) is 3.31. The Bertz CT molecular complexity index is 771. The van der Waals surface area contributed by atoms with Crippen LogP contribution in [-0.4, -0.2) is 44.1 Å². The van der Waals surface area contributed by atoms with Crippen LogP contribution in [-0.2, 0) is 27.3 Å². The van der Waals surface area contributed by atoms with Crippen LogP contribution >= 0.6 is 0 Å². The molecule has 0 N–H and O–H groups in total. The Morgan fingerprint density at radius 1 is 0.931 bits per heavy atom. The Labute approximate surface area is 172 Å². The first-order valence-electron chi connectivity index (χ1n) is 9.76. The van der Waals surface area contributed by atoms with Crippen LogP contribution in [0.5, 0.6) is 11.5 Å². The number of amides is 1. The molecule has 0 atom stereocenters. The van der Waals surface area contributed by atoms with Gasteiger partial charge in [-0.3, -0.25) is 9.59 Å². The van der Waals surface area contributed by atoms with Crippen molar-refractivity contribution in [2.24, 2.45) is 0 Å². The maximum absolute atomic E-state index is 12.2. The molecule has 29 heavy (non-hydrogen) atoms. The number of hydrogen-bond donors (Lipinski definition) is 0. The van der Waals surface area contributed by atoms with Crippen LogP contribution in [0.25, 0.3) is 0 Å². The van der Waals surface area contributed by atoms with Crippen LogP contribution in [0, 0.1) is 0 Å². The number of hydrogen-bond acceptors (Lipinski definition) is 5. The average Bonchev–Trinajstić information content (AvgIpc) is 2.76. The van der Waals surface area contributed by atoms with Gasteiger partial charge in [-0.05, 0) is 48.2 Å². The average molecular weight is 399 g/mol. The van der Waals surface area contributed by atoms with Gasteiger partial charge in [0.2, 0.25) is 0 Å². The Morgan fingerprint density at radius 2 is 1.55 bits per heavy atom. The van der Waals surface area contributed by atoms with Crippen molar-refractivity contribution in [1.29, 1.82) is 0 Å². The topological polar surface area (TPSA) is 65.1 Å². The fourth-order valence-electron chi connectivity index (χ4n) is 2.65. The molecule has 1 amide bonds. The number of ether oxygens (including phenoxy) is 3. The zero-order valence-electron chi connectivity index (χ0n) is 17.3. The largest absolute Gasteiger partial charge is 0.497 e. The lowest BCUT2D eigenvalue weighted by molar-refractivity contribution is -0.151. The molecule has 2 aromatic rings. The van der Waals surface area contributed by atoms with Gasteiger partial charge in [-0.25, -0.2) is 0 Å². The van der Waals surface area contributed by atoms with Gasteiger partial charge in [0.25, 0.3) is 5.91 Å². The minimum Gasteiger partial charge on any atom is -0.497 e. The third-order valence-corrected chi connectivity index (χ3v) is 4.49. The summed E-state index contributed by atoms with van der Waals surface area (Å²) in [5.41, 5.74) is 2.30. The van der Waals surface area contributed by atoms with E-state index in [1.165, 1.54) is 5.56 Å². The van der Waals surface area contributed by atoms with E-state index in [0.29, 0.717) is 25.3 Å². The van der Waals surface area contributed by atoms with Crippen LogP contribution in [0.2, 0.25) is 0 Å². The molecule has 156 valence electrons. The predicted molar refractivity (Wildman–Crippen MR) is 111 cm³/mol. The summed E-state index contributed by atoms with van der Waals surface area (Å²) in [5, 5.41) is 0. The van der Waals surface area contributed by atoms with Gasteiger partial charge in [0.05, 0.1) is 13.7 Å². The van der Waals surface area contributed by atoms with Gasteiger partial charge in [0.1, 0.15) is 11.5 Å². The Hall–Kier alpha value is -3.02. The summed E-state index contributed by atoms with van der Waals surface area (Å²) >= 11 is 0. The molecule has 0 spiro atoms. The monoisotopic (exact) mass is 399 g/mol. The summed E-state index contributed by atoms with van der Waals surface area (Å²) in [4.78, 5) is 25.5. The maximum atomic E-state index is 12.2. The lowest BCUT2D eigenvalue weighted by atomic mass is 10.1. The van der Waals surface area contributed by atoms with Crippen LogP contribution in [0.1, 0.15) is 30.9 Å². The summed E-state index contributed by atoms with van der Waals surface area (Å²) in [5.74, 6) is 0.834. The molecule has 0 unspecified atom stereocenters. The highest BCUT2D eigenvalue weighted by Gasteiger charge is 2.12. The number of carbonyl (C=O) groups excluding carboxylic acids is 2. The fourth-order valence-corrected chi connectivity index (χ4v) is 2.65. The molecule has 2 aromatic carbocycles. The summed E-state index contributed by atoms with van der Waals surface area (Å²) < 4.78 is 15.7. The zero-order valence-corrected chi connectivity index (χ0v) is 17.3. The molecule has 0 heterocycles. The van der Waals surface area contributed by atoms with Gasteiger partial charge in [-0.15, -0.1) is 0 Å². The normalized spacial score (nSPS) is 10.3. The van der Waals surface area contributed by atoms with E-state index in [0.717, 1.165) is 17.7 Å². The molecule has 0 aromatic heterocycles. The summed E-state index contributed by atoms with van der Waals surface area (Å²) in [6, 6.07) is 15.4. The second kappa shape index (κ2) is 11.7. The number of aryl methyl sites for hydroxylation is 1. The van der Waals surface area contributed by atoms with E-state index >= 15 is 0 Å². The van der Waals surface area contributed by atoms with Gasteiger partial charge in [-0.2, -0.15) is 0 Å². The van der Waals surface area contributed by atoms with Crippen molar-refractivity contribution in [3.63, 3.8) is 0 Å². The lowest BCUT2D eigenvalue weighted by Crippen LogP contribution is -2.30. The Balaban J connectivity index is 1.62. The lowest BCUT2D eigenvalue weighted by Gasteiger charge is -2.17. The van der Waals surface area contributed by atoms with Crippen molar-refractivity contribution in [2.45, 2.75) is 32.7 Å². The number of carbonyl (C=O) groups is 2. The van der Waals surface area contributed by atoms with Crippen LogP contribution in [0.3, 0.4) is 0 Å². The van der Waals surface area contributed by atoms with E-state index in [2.05, 4.69) is 19.1 Å². The zero-order chi connectivity index (χ0) is 21.1. The van der Waals surface area contributed by atoms with E-state index in [4.69, 9.17) is 14.2 Å². The van der Waals surface area contributed by atoms with Gasteiger partial charge in [-0.1, -0.05) is 31.2 Å². The Morgan fingerprint density at radius 3 is 2.17 bits per heavy atom. The predicted octanol–water partition coefficient (Wildman–Crippen LogP) is 3.62. The number of methoxy groups -OCH3 is 1. The van der Waals surface area contributed by atoms with Gasteiger partial charge < -0.3 is 19.1 Å². The number of rotatable bonds is 11. The fraction of sp³-hybridized carbons (Fsp3) is 0.391. The summed E-state index contributed by atoms with van der Waals surface area (Å²) in [6.07, 6.45) is 1.69. The van der Waals surface area contributed by atoms with E-state index in [1.54, 1.807) is 31.2 Å². The molecule has 0 aliphatic carbocycles. The van der Waals surface area contributed by atoms with Crippen molar-refractivity contribution < 1.29 is 23.8 Å². The maximum Gasteiger partial charge on any atom is 0.306 e. The number of esters is 1. The molecule has 6 heteroatoms. The first-order valence-corrected chi connectivity index (χ1v) is 9.76. The molecular formula is C23H29NO5. The van der Waals surface area contributed by atoms with E-state index in [-0.39, 0.29) is 18.9 Å². The van der Waals surface area contributed by atoms with E-state index in [1.807, 2.05) is 24.3 Å². The number of nitrogens with zero attached hydrogens (tertiary/aromatic N) is 1. The second-order valence-electron chi connectivity index (χ2n) is 6.71. The molecule has 0 saturated carbocycles. The first kappa shape index (κ1) is 22.3. The highest BCUT2D eigenvalue weighted by Crippen LogP contribution is 2.17. The molecule has 0 aliphatic rings. The number of benzene rings is 2. The molecule has 0 fully saturated rings. The molecule has 0 radical (unpaired) electrons. The minimum atomic E-state index is -0.405. The Kier molecular flexibility index (Phi) is 9.02. The molecule has 2 rings (SSSR count). The molecule has 6 nitrogen and oxygen atoms in total. The van der Waals surface area contributed by atoms with Crippen molar-refractivity contribution >= 4 is 11.9 Å². The number of likely N-dealkylation sites (N-methyl/N-ethyl adjacent to an activating group) is 1. The van der Waals surface area contributed by atoms with Gasteiger partial charge >= 0.3 is 5.97 Å². The third-order valence-electron chi connectivity index (χ3n) is 4.49. The van der Waals surface area contributed by atoms with Crippen molar-refractivity contribution in [3.05, 3.63) is 59.7 Å². The van der Waals surface area contributed by atoms with Crippen LogP contribution in [0.15, 0.2) is 48.5 Å². The highest BCUT2D eigenvalue weighted by molar-refractivity contribution is 5.80. The molecule has 0 bridgehead atoms. The van der Waals surface area contributed by atoms with Crippen molar-refractivity contribution in [3.8, 4) is 11.5 Å². The first-order chi connectivity index (χ1) is 14.0. The molecule has 0 saturated heterocycles. The highest BCUT2D eigenvalue weighted by atomic mass is 16.5.